The average Bonchev–Trinajstić information content (AvgIpc) is 4.23. The third kappa shape index (κ3) is 13.6. The molecule has 4 aliphatic heterocycles. The topological polar surface area (TPSA) is 158 Å². The Morgan fingerprint density at radius 3 is 2.38 bits per heavy atom. The molecule has 16 nitrogen and oxygen atoms in total. The highest BCUT2D eigenvalue weighted by Gasteiger charge is 2.39. The Balaban J connectivity index is 1.01. The molecular formula is C59H69Cl2FN6O10S. The Bertz CT molecular complexity index is 3060. The van der Waals surface area contributed by atoms with E-state index in [9.17, 15) is 9.18 Å². The van der Waals surface area contributed by atoms with E-state index in [2.05, 4.69) is 16.8 Å². The van der Waals surface area contributed by atoms with Gasteiger partial charge in [0.25, 0.3) is 0 Å². The summed E-state index contributed by atoms with van der Waals surface area (Å²) in [4.78, 5) is 40.0. The highest BCUT2D eigenvalue weighted by atomic mass is 35.5. The van der Waals surface area contributed by atoms with Crippen LogP contribution in [0.4, 0.5) is 4.39 Å². The van der Waals surface area contributed by atoms with Crippen molar-refractivity contribution in [2.45, 2.75) is 103 Å². The van der Waals surface area contributed by atoms with Gasteiger partial charge in [-0.3, -0.25) is 4.90 Å². The summed E-state index contributed by atoms with van der Waals surface area (Å²) in [6, 6.07) is 13.6. The summed E-state index contributed by atoms with van der Waals surface area (Å²) in [6.07, 6.45) is 5.17. The molecule has 0 amide bonds. The van der Waals surface area contributed by atoms with Gasteiger partial charge in [0.05, 0.1) is 72.8 Å². The van der Waals surface area contributed by atoms with Gasteiger partial charge in [-0.2, -0.15) is 0 Å². The van der Waals surface area contributed by atoms with Crippen molar-refractivity contribution in [2.75, 3.05) is 92.6 Å². The summed E-state index contributed by atoms with van der Waals surface area (Å²) < 4.78 is 71.3. The number of aromatic nitrogens is 4. The first-order valence-corrected chi connectivity index (χ1v) is 28.7. The molecule has 0 N–H and O–H groups in total. The van der Waals surface area contributed by atoms with E-state index in [-0.39, 0.29) is 42.9 Å². The fraction of sp³-hybridized carbons (Fsp3) is 0.508. The maximum Gasteiger partial charge on any atom is 0.348 e. The van der Waals surface area contributed by atoms with Gasteiger partial charge >= 0.3 is 5.97 Å². The first-order chi connectivity index (χ1) is 38.1. The first kappa shape index (κ1) is 57.0. The number of ether oxygens (including phenoxy) is 9. The summed E-state index contributed by atoms with van der Waals surface area (Å²) in [6.45, 7) is 17.0. The number of nitrogens with zero attached hydrogens (tertiary/aromatic N) is 6. The maximum absolute atomic E-state index is 14.7. The molecule has 3 aromatic heterocycles. The van der Waals surface area contributed by atoms with Crippen molar-refractivity contribution in [3.8, 4) is 44.7 Å². The van der Waals surface area contributed by atoms with Gasteiger partial charge in [-0.25, -0.2) is 29.1 Å². The number of likely N-dealkylation sites (N-methyl/N-ethyl adjacent to an activating group) is 1. The molecule has 0 unspecified atom stereocenters. The van der Waals surface area contributed by atoms with Crippen LogP contribution < -0.4 is 18.9 Å². The smallest absolute Gasteiger partial charge is 0.348 e. The molecule has 4 bridgehead atoms. The van der Waals surface area contributed by atoms with Crippen molar-refractivity contribution in [1.82, 2.24) is 29.7 Å². The van der Waals surface area contributed by atoms with Gasteiger partial charge in [0.2, 0.25) is 12.0 Å². The van der Waals surface area contributed by atoms with Gasteiger partial charge in [0.1, 0.15) is 65.3 Å². The Morgan fingerprint density at radius 2 is 1.65 bits per heavy atom. The fourth-order valence-corrected chi connectivity index (χ4v) is 12.3. The second-order valence-corrected chi connectivity index (χ2v) is 23.6. The van der Waals surface area contributed by atoms with Crippen LogP contribution >= 0.6 is 34.5 Å². The van der Waals surface area contributed by atoms with E-state index in [1.807, 2.05) is 58.9 Å². The minimum Gasteiger partial charge on any atom is -0.490 e. The van der Waals surface area contributed by atoms with Crippen molar-refractivity contribution in [3.63, 3.8) is 0 Å². The molecule has 3 fully saturated rings. The molecule has 11 rings (SSSR count). The van der Waals surface area contributed by atoms with Gasteiger partial charge in [0, 0.05) is 61.3 Å². The molecule has 6 aromatic rings. The Kier molecular flexibility index (Phi) is 18.2. The summed E-state index contributed by atoms with van der Waals surface area (Å²) >= 11 is 16.3. The number of esters is 1. The van der Waals surface area contributed by atoms with Gasteiger partial charge < -0.3 is 47.5 Å². The summed E-state index contributed by atoms with van der Waals surface area (Å²) in [5, 5.41) is 1.15. The van der Waals surface area contributed by atoms with Crippen molar-refractivity contribution in [1.29, 1.82) is 0 Å². The lowest BCUT2D eigenvalue weighted by atomic mass is 9.86. The lowest BCUT2D eigenvalue weighted by Crippen LogP contribution is -2.49. The first-order valence-electron chi connectivity index (χ1n) is 27.2. The van der Waals surface area contributed by atoms with Crippen LogP contribution in [0.15, 0.2) is 61.1 Å². The van der Waals surface area contributed by atoms with Gasteiger partial charge in [-0.15, -0.1) is 11.3 Å². The van der Waals surface area contributed by atoms with Gasteiger partial charge in [-0.1, -0.05) is 48.2 Å². The molecule has 7 heterocycles. The number of rotatable bonds is 15. The maximum atomic E-state index is 14.7. The highest BCUT2D eigenvalue weighted by Crippen LogP contribution is 2.53. The van der Waals surface area contributed by atoms with E-state index in [0.717, 1.165) is 62.3 Å². The standard InChI is InChI=1S/C59H69Cl2FN6O10S/c1-36-47-37(2)51(61)52(50(36)60)76-43(29-68-21-19-67(6)20-22-68)33-74-42-13-14-45(75-30-41-15-18-63-57(66-41)59(16-7-8-17-59)34-72-24-23-70-31-44-32-71-25-26-73-44)39(27-42)28-46(56(69)78-58(3,4)5)77-54-49-48(47)53(79-55(49)65-35-64-54)38-9-11-40(62)12-10-38/h9-15,18,27,35,43-44,46H,7-8,16-17,19-26,28-34H2,1-6H3/t43-,44+,46-/m1/s1. The third-order valence-corrected chi connectivity index (χ3v) is 16.9. The summed E-state index contributed by atoms with van der Waals surface area (Å²) in [7, 11) is 2.12. The van der Waals surface area contributed by atoms with E-state index >= 15 is 0 Å². The molecule has 422 valence electrons. The van der Waals surface area contributed by atoms with E-state index in [0.29, 0.717) is 130 Å². The van der Waals surface area contributed by atoms with Crippen LogP contribution in [0.5, 0.6) is 23.1 Å². The number of piperazine rings is 1. The van der Waals surface area contributed by atoms with Crippen LogP contribution in [0, 0.1) is 19.7 Å². The zero-order valence-electron chi connectivity index (χ0n) is 45.7. The molecule has 2 saturated heterocycles. The zero-order valence-corrected chi connectivity index (χ0v) is 48.1. The molecule has 1 aliphatic carbocycles. The second-order valence-electron chi connectivity index (χ2n) is 21.9. The number of hydrogen-bond donors (Lipinski definition) is 0. The monoisotopic (exact) mass is 1140 g/mol. The predicted molar refractivity (Wildman–Crippen MR) is 301 cm³/mol. The van der Waals surface area contributed by atoms with E-state index < -0.39 is 23.8 Å². The minimum atomic E-state index is -1.27. The molecule has 20 heteroatoms. The summed E-state index contributed by atoms with van der Waals surface area (Å²) in [5.74, 6) is 1.14. The quantitative estimate of drug-likeness (QED) is 0.0706. The van der Waals surface area contributed by atoms with Crippen molar-refractivity contribution >= 4 is 50.7 Å². The molecule has 1 saturated carbocycles. The Labute approximate surface area is 475 Å². The number of fused-ring (bicyclic) bond motifs is 7. The normalized spacial score (nSPS) is 20.1. The van der Waals surface area contributed by atoms with Crippen molar-refractivity contribution in [3.05, 3.63) is 105 Å². The van der Waals surface area contributed by atoms with Crippen LogP contribution in [0.3, 0.4) is 0 Å². The van der Waals surface area contributed by atoms with Crippen LogP contribution in [0.1, 0.15) is 74.7 Å². The molecule has 3 atom stereocenters. The minimum absolute atomic E-state index is 0.0247. The number of carbonyl (C=O) groups is 1. The molecule has 3 aromatic carbocycles. The van der Waals surface area contributed by atoms with Crippen molar-refractivity contribution in [2.24, 2.45) is 0 Å². The molecule has 5 aliphatic rings. The lowest BCUT2D eigenvalue weighted by molar-refractivity contribution is -0.163. The number of hydrogen-bond acceptors (Lipinski definition) is 17. The predicted octanol–water partition coefficient (Wildman–Crippen LogP) is 10.4. The SMILES string of the molecule is Cc1c(Cl)c2c(Cl)c(C)c1-c1c(-c3ccc(F)cc3)sc3ncnc(c13)O[C@@H](C(=O)OC(C)(C)C)Cc1cc(ccc1OCc1ccnc(C3(COCCOC[C@H]4COCCO4)CCCC3)n1)OC[C@@H](CN1CCN(C)CC1)O2. The van der Waals surface area contributed by atoms with E-state index in [1.165, 1.54) is 29.8 Å². The molecular weight excluding hydrogens is 1070 g/mol. The number of benzene rings is 3. The van der Waals surface area contributed by atoms with Gasteiger partial charge in [0.15, 0.2) is 5.75 Å². The fourth-order valence-electron chi connectivity index (χ4n) is 10.7. The van der Waals surface area contributed by atoms with E-state index in [1.54, 1.807) is 18.3 Å². The van der Waals surface area contributed by atoms with Crippen molar-refractivity contribution < 1.29 is 51.8 Å². The largest absolute Gasteiger partial charge is 0.490 e. The lowest BCUT2D eigenvalue weighted by Gasteiger charge is -2.35. The number of halogens is 3. The molecule has 0 radical (unpaired) electrons. The highest BCUT2D eigenvalue weighted by molar-refractivity contribution is 7.22. The molecule has 0 spiro atoms. The number of thiophene rings is 1. The summed E-state index contributed by atoms with van der Waals surface area (Å²) in [5.41, 5.74) is 3.46. The zero-order chi connectivity index (χ0) is 55.3. The Hall–Kier alpha value is -5.28. The second kappa shape index (κ2) is 25.2. The van der Waals surface area contributed by atoms with Gasteiger partial charge in [-0.05, 0) is 113 Å². The third-order valence-electron chi connectivity index (χ3n) is 14.8. The van der Waals surface area contributed by atoms with E-state index in [4.69, 9.17) is 85.8 Å². The average molecular weight is 1140 g/mol. The van der Waals surface area contributed by atoms with Crippen LogP contribution in [0.2, 0.25) is 10.0 Å². The molecule has 79 heavy (non-hydrogen) atoms. The Morgan fingerprint density at radius 1 is 0.886 bits per heavy atom. The van der Waals surface area contributed by atoms with Crippen LogP contribution in [-0.4, -0.2) is 152 Å². The van der Waals surface area contributed by atoms with Crippen LogP contribution in [0.25, 0.3) is 31.8 Å². The number of carbonyl (C=O) groups excluding carboxylic acids is 1. The van der Waals surface area contributed by atoms with Crippen LogP contribution in [-0.2, 0) is 46.9 Å².